The standard InChI is InChI=1S/C4H8N4O2/c5-1-3-2-6-7-8(3)4(9)10/h2,6-7H,1,5H2,(H,9,10). The van der Waals surface area contributed by atoms with Crippen LogP contribution in [0.2, 0.25) is 0 Å². The Balaban J connectivity index is 2.63. The molecule has 0 fully saturated rings. The van der Waals surface area contributed by atoms with Crippen molar-refractivity contribution in [3.63, 3.8) is 0 Å². The SMILES string of the molecule is NCC1=CNNN1C(=O)O. The Labute approximate surface area is 57.2 Å². The molecule has 1 heterocycles. The van der Waals surface area contributed by atoms with Crippen molar-refractivity contribution in [2.24, 2.45) is 5.73 Å². The van der Waals surface area contributed by atoms with E-state index < -0.39 is 6.09 Å². The highest BCUT2D eigenvalue weighted by molar-refractivity contribution is 5.67. The third-order valence-electron chi connectivity index (χ3n) is 1.10. The number of carbonyl (C=O) groups is 1. The molecule has 6 heteroatoms. The van der Waals surface area contributed by atoms with E-state index in [1.807, 2.05) is 0 Å². The molecule has 0 aromatic heterocycles. The summed E-state index contributed by atoms with van der Waals surface area (Å²) in [4.78, 5) is 10.3. The van der Waals surface area contributed by atoms with Crippen LogP contribution in [-0.2, 0) is 0 Å². The number of nitrogens with two attached hydrogens (primary N) is 1. The maximum Gasteiger partial charge on any atom is 0.427 e. The lowest BCUT2D eigenvalue weighted by Crippen LogP contribution is -2.42. The van der Waals surface area contributed by atoms with Gasteiger partial charge in [0, 0.05) is 12.7 Å². The molecule has 1 aliphatic rings. The molecule has 1 rings (SSSR count). The molecule has 0 atom stereocenters. The van der Waals surface area contributed by atoms with Crippen molar-refractivity contribution in [2.75, 3.05) is 6.54 Å². The van der Waals surface area contributed by atoms with Gasteiger partial charge < -0.3 is 16.3 Å². The van der Waals surface area contributed by atoms with Crippen LogP contribution >= 0.6 is 0 Å². The molecule has 0 aromatic carbocycles. The van der Waals surface area contributed by atoms with Gasteiger partial charge in [0.25, 0.3) is 0 Å². The van der Waals surface area contributed by atoms with Crippen molar-refractivity contribution in [2.45, 2.75) is 0 Å². The molecular formula is C4H8N4O2. The Hall–Kier alpha value is -1.27. The van der Waals surface area contributed by atoms with E-state index >= 15 is 0 Å². The van der Waals surface area contributed by atoms with E-state index in [9.17, 15) is 4.79 Å². The van der Waals surface area contributed by atoms with Gasteiger partial charge >= 0.3 is 6.09 Å². The van der Waals surface area contributed by atoms with Crippen LogP contribution in [-0.4, -0.2) is 22.8 Å². The second-order valence-corrected chi connectivity index (χ2v) is 1.71. The zero-order valence-electron chi connectivity index (χ0n) is 5.16. The van der Waals surface area contributed by atoms with E-state index in [1.165, 1.54) is 6.20 Å². The highest BCUT2D eigenvalue weighted by atomic mass is 16.4. The molecule has 1 aliphatic heterocycles. The molecule has 5 N–H and O–H groups in total. The summed E-state index contributed by atoms with van der Waals surface area (Å²) in [5.74, 6) is 0. The molecule has 0 aromatic rings. The van der Waals surface area contributed by atoms with Crippen molar-refractivity contribution < 1.29 is 9.90 Å². The van der Waals surface area contributed by atoms with Crippen molar-refractivity contribution in [1.82, 2.24) is 16.0 Å². The molecule has 0 unspecified atom stereocenters. The first-order chi connectivity index (χ1) is 4.75. The molecule has 10 heavy (non-hydrogen) atoms. The number of hydrogen-bond donors (Lipinski definition) is 4. The third-order valence-corrected chi connectivity index (χ3v) is 1.10. The smallest absolute Gasteiger partial charge is 0.427 e. The predicted molar refractivity (Wildman–Crippen MR) is 33.3 cm³/mol. The van der Waals surface area contributed by atoms with E-state index in [4.69, 9.17) is 10.8 Å². The summed E-state index contributed by atoms with van der Waals surface area (Å²) in [6.45, 7) is 0.187. The van der Waals surface area contributed by atoms with Gasteiger partial charge in [0.05, 0.1) is 5.70 Å². The van der Waals surface area contributed by atoms with Gasteiger partial charge in [-0.25, -0.2) is 4.79 Å². The fourth-order valence-electron chi connectivity index (χ4n) is 0.637. The lowest BCUT2D eigenvalue weighted by atomic mass is 10.5. The topological polar surface area (TPSA) is 90.6 Å². The van der Waals surface area contributed by atoms with Crippen LogP contribution in [0.15, 0.2) is 11.9 Å². The summed E-state index contributed by atoms with van der Waals surface area (Å²) in [6, 6.07) is 0. The molecule has 0 bridgehead atoms. The lowest BCUT2D eigenvalue weighted by Gasteiger charge is -2.12. The van der Waals surface area contributed by atoms with Crippen molar-refractivity contribution in [3.05, 3.63) is 11.9 Å². The second kappa shape index (κ2) is 2.54. The summed E-state index contributed by atoms with van der Waals surface area (Å²) in [6.07, 6.45) is 0.412. The molecule has 1 amide bonds. The quantitative estimate of drug-likeness (QED) is 0.370. The van der Waals surface area contributed by atoms with E-state index in [0.29, 0.717) is 5.70 Å². The Bertz CT molecular complexity index is 178. The molecule has 56 valence electrons. The average molecular weight is 144 g/mol. The molecule has 6 nitrogen and oxygen atoms in total. The van der Waals surface area contributed by atoms with Crippen molar-refractivity contribution in [3.8, 4) is 0 Å². The molecule has 0 aliphatic carbocycles. The number of rotatable bonds is 1. The Morgan fingerprint density at radius 2 is 2.60 bits per heavy atom. The normalized spacial score (nSPS) is 16.5. The molecule has 0 radical (unpaired) electrons. The molecular weight excluding hydrogens is 136 g/mol. The monoisotopic (exact) mass is 144 g/mol. The minimum atomic E-state index is -1.08. The van der Waals surface area contributed by atoms with E-state index in [2.05, 4.69) is 11.0 Å². The van der Waals surface area contributed by atoms with Crippen LogP contribution in [0.3, 0.4) is 0 Å². The van der Waals surface area contributed by atoms with Gasteiger partial charge in [0.1, 0.15) is 0 Å². The largest absolute Gasteiger partial charge is 0.464 e. The second-order valence-electron chi connectivity index (χ2n) is 1.71. The number of amides is 1. The number of hydrogen-bond acceptors (Lipinski definition) is 4. The Kier molecular flexibility index (Phi) is 1.74. The first-order valence-electron chi connectivity index (χ1n) is 2.69. The zero-order chi connectivity index (χ0) is 7.56. The van der Waals surface area contributed by atoms with Crippen molar-refractivity contribution >= 4 is 6.09 Å². The van der Waals surface area contributed by atoms with E-state index in [0.717, 1.165) is 5.01 Å². The highest BCUT2D eigenvalue weighted by Crippen LogP contribution is 2.01. The van der Waals surface area contributed by atoms with E-state index in [1.54, 1.807) is 0 Å². The van der Waals surface area contributed by atoms with Gasteiger partial charge in [-0.3, -0.25) is 0 Å². The van der Waals surface area contributed by atoms with Crippen LogP contribution in [0.25, 0.3) is 0 Å². The van der Waals surface area contributed by atoms with Gasteiger partial charge in [-0.15, -0.1) is 5.53 Å². The lowest BCUT2D eigenvalue weighted by molar-refractivity contribution is 0.139. The summed E-state index contributed by atoms with van der Waals surface area (Å²) < 4.78 is 0. The molecule has 0 saturated heterocycles. The fourth-order valence-corrected chi connectivity index (χ4v) is 0.637. The van der Waals surface area contributed by atoms with Gasteiger partial charge in [0.15, 0.2) is 0 Å². The molecule has 0 saturated carbocycles. The fraction of sp³-hybridized carbons (Fsp3) is 0.250. The van der Waals surface area contributed by atoms with Gasteiger partial charge in [-0.05, 0) is 0 Å². The number of hydrazine groups is 2. The van der Waals surface area contributed by atoms with Crippen LogP contribution in [0.1, 0.15) is 0 Å². The van der Waals surface area contributed by atoms with E-state index in [-0.39, 0.29) is 6.54 Å². The van der Waals surface area contributed by atoms with Crippen LogP contribution in [0.4, 0.5) is 4.79 Å². The maximum atomic E-state index is 10.3. The first kappa shape index (κ1) is 6.84. The summed E-state index contributed by atoms with van der Waals surface area (Å²) in [5.41, 5.74) is 10.6. The third kappa shape index (κ3) is 1.02. The van der Waals surface area contributed by atoms with Gasteiger partial charge in [0.2, 0.25) is 0 Å². The maximum absolute atomic E-state index is 10.3. The minimum Gasteiger partial charge on any atom is -0.464 e. The zero-order valence-corrected chi connectivity index (χ0v) is 5.16. The van der Waals surface area contributed by atoms with Crippen LogP contribution in [0, 0.1) is 0 Å². The average Bonchev–Trinajstić information content (AvgIpc) is 2.33. The minimum absolute atomic E-state index is 0.187. The van der Waals surface area contributed by atoms with Crippen LogP contribution < -0.4 is 16.7 Å². The summed E-state index contributed by atoms with van der Waals surface area (Å²) in [5, 5.41) is 9.36. The number of nitrogens with zero attached hydrogens (tertiary/aromatic N) is 1. The first-order valence-corrected chi connectivity index (χ1v) is 2.69. The predicted octanol–water partition coefficient (Wildman–Crippen LogP) is -1.21. The highest BCUT2D eigenvalue weighted by Gasteiger charge is 2.18. The van der Waals surface area contributed by atoms with Crippen molar-refractivity contribution in [1.29, 1.82) is 0 Å². The Morgan fingerprint density at radius 1 is 1.90 bits per heavy atom. The Morgan fingerprint density at radius 3 is 3.00 bits per heavy atom. The number of nitrogens with one attached hydrogen (secondary N) is 2. The summed E-state index contributed by atoms with van der Waals surface area (Å²) >= 11 is 0. The molecule has 0 spiro atoms. The van der Waals surface area contributed by atoms with Crippen LogP contribution in [0.5, 0.6) is 0 Å². The van der Waals surface area contributed by atoms with Gasteiger partial charge in [-0.2, -0.15) is 5.01 Å². The van der Waals surface area contributed by atoms with Gasteiger partial charge in [-0.1, -0.05) is 0 Å². The number of carboxylic acid groups (broad SMARTS) is 1. The summed E-state index contributed by atoms with van der Waals surface area (Å²) in [7, 11) is 0.